The Balaban J connectivity index is 1.67. The third kappa shape index (κ3) is 3.49. The van der Waals surface area contributed by atoms with Crippen molar-refractivity contribution < 1.29 is 4.74 Å². The summed E-state index contributed by atoms with van der Waals surface area (Å²) in [5.41, 5.74) is 2.65. The quantitative estimate of drug-likeness (QED) is 0.864. The van der Waals surface area contributed by atoms with Crippen LogP contribution in [0.5, 0.6) is 0 Å². The summed E-state index contributed by atoms with van der Waals surface area (Å²) >= 11 is 0. The fourth-order valence-electron chi connectivity index (χ4n) is 2.94. The molecule has 0 bridgehead atoms. The molecule has 3 rings (SSSR count). The lowest BCUT2D eigenvalue weighted by Gasteiger charge is -2.35. The van der Waals surface area contributed by atoms with Gasteiger partial charge in [-0.3, -0.25) is 4.98 Å². The van der Waals surface area contributed by atoms with Gasteiger partial charge in [-0.25, -0.2) is 0 Å². The molecule has 2 aliphatic rings. The second-order valence-electron chi connectivity index (χ2n) is 5.83. The molecular weight excluding hydrogens is 250 g/mol. The highest BCUT2D eigenvalue weighted by atomic mass is 16.5. The Labute approximate surface area is 121 Å². The van der Waals surface area contributed by atoms with Gasteiger partial charge in [0.05, 0.1) is 6.10 Å². The van der Waals surface area contributed by atoms with Gasteiger partial charge in [-0.2, -0.15) is 0 Å². The molecule has 1 saturated heterocycles. The van der Waals surface area contributed by atoms with Crippen LogP contribution in [0.25, 0.3) is 0 Å². The van der Waals surface area contributed by atoms with E-state index >= 15 is 0 Å². The zero-order valence-corrected chi connectivity index (χ0v) is 12.3. The Hall–Kier alpha value is -1.13. The molecule has 1 aromatic heterocycles. The standard InChI is InChI=1S/C16H25N3O/c1-2-20-15-4-3-9-19(12-15)16-7-8-17-10-13(16)11-18-14-5-6-14/h7-8,10,14-15,18H,2-6,9,11-12H2,1H3. The largest absolute Gasteiger partial charge is 0.377 e. The van der Waals surface area contributed by atoms with Crippen molar-refractivity contribution in [3.05, 3.63) is 24.0 Å². The third-order valence-electron chi connectivity index (χ3n) is 4.16. The van der Waals surface area contributed by atoms with Crippen LogP contribution in [0, 0.1) is 0 Å². The number of pyridine rings is 1. The van der Waals surface area contributed by atoms with Crippen molar-refractivity contribution in [3.63, 3.8) is 0 Å². The average molecular weight is 275 g/mol. The average Bonchev–Trinajstić information content (AvgIpc) is 3.30. The van der Waals surface area contributed by atoms with Gasteiger partial charge in [-0.15, -0.1) is 0 Å². The summed E-state index contributed by atoms with van der Waals surface area (Å²) in [7, 11) is 0. The predicted octanol–water partition coefficient (Wildman–Crippen LogP) is 2.34. The molecule has 110 valence electrons. The molecule has 1 aliphatic carbocycles. The van der Waals surface area contributed by atoms with Crippen LogP contribution in [0.1, 0.15) is 38.2 Å². The number of ether oxygens (including phenoxy) is 1. The van der Waals surface area contributed by atoms with E-state index in [0.717, 1.165) is 32.3 Å². The first-order chi connectivity index (χ1) is 9.86. The maximum absolute atomic E-state index is 5.81. The molecule has 2 heterocycles. The molecule has 1 atom stereocenters. The maximum atomic E-state index is 5.81. The van der Waals surface area contributed by atoms with E-state index in [1.165, 1.54) is 36.9 Å². The molecule has 0 radical (unpaired) electrons. The molecule has 0 amide bonds. The zero-order valence-electron chi connectivity index (χ0n) is 12.3. The Kier molecular flexibility index (Phi) is 4.53. The highest BCUT2D eigenvalue weighted by molar-refractivity contribution is 5.52. The van der Waals surface area contributed by atoms with Crippen molar-refractivity contribution in [2.45, 2.75) is 51.3 Å². The van der Waals surface area contributed by atoms with Gasteiger partial charge >= 0.3 is 0 Å². The van der Waals surface area contributed by atoms with Crippen LogP contribution in [0.2, 0.25) is 0 Å². The summed E-state index contributed by atoms with van der Waals surface area (Å²) in [5, 5.41) is 3.59. The monoisotopic (exact) mass is 275 g/mol. The highest BCUT2D eigenvalue weighted by Crippen LogP contribution is 2.26. The van der Waals surface area contributed by atoms with Crippen LogP contribution in [0.3, 0.4) is 0 Å². The topological polar surface area (TPSA) is 37.4 Å². The number of hydrogen-bond acceptors (Lipinski definition) is 4. The van der Waals surface area contributed by atoms with E-state index in [2.05, 4.69) is 28.2 Å². The molecule has 0 aromatic carbocycles. The van der Waals surface area contributed by atoms with Gasteiger partial charge in [0.1, 0.15) is 0 Å². The molecule has 4 heteroatoms. The minimum absolute atomic E-state index is 0.381. The summed E-state index contributed by atoms with van der Waals surface area (Å²) in [4.78, 5) is 6.76. The van der Waals surface area contributed by atoms with Crippen molar-refractivity contribution >= 4 is 5.69 Å². The minimum Gasteiger partial charge on any atom is -0.377 e. The van der Waals surface area contributed by atoms with Crippen LogP contribution in [0.15, 0.2) is 18.5 Å². The highest BCUT2D eigenvalue weighted by Gasteiger charge is 2.24. The Morgan fingerprint density at radius 2 is 2.30 bits per heavy atom. The number of aromatic nitrogens is 1. The van der Waals surface area contributed by atoms with Crippen LogP contribution in [-0.4, -0.2) is 36.8 Å². The molecule has 20 heavy (non-hydrogen) atoms. The summed E-state index contributed by atoms with van der Waals surface area (Å²) in [5.74, 6) is 0. The van der Waals surface area contributed by atoms with Gasteiger partial charge in [0.2, 0.25) is 0 Å². The van der Waals surface area contributed by atoms with E-state index in [4.69, 9.17) is 4.74 Å². The molecule has 1 unspecified atom stereocenters. The van der Waals surface area contributed by atoms with Crippen molar-refractivity contribution in [3.8, 4) is 0 Å². The lowest BCUT2D eigenvalue weighted by molar-refractivity contribution is 0.0526. The predicted molar refractivity (Wildman–Crippen MR) is 81.0 cm³/mol. The van der Waals surface area contributed by atoms with Crippen LogP contribution < -0.4 is 10.2 Å². The first kappa shape index (κ1) is 13.8. The molecular formula is C16H25N3O. The van der Waals surface area contributed by atoms with E-state index in [9.17, 15) is 0 Å². The molecule has 1 N–H and O–H groups in total. The van der Waals surface area contributed by atoms with Crippen molar-refractivity contribution in [1.29, 1.82) is 0 Å². The van der Waals surface area contributed by atoms with Crippen LogP contribution in [0.4, 0.5) is 5.69 Å². The minimum atomic E-state index is 0.381. The number of anilines is 1. The smallest absolute Gasteiger partial charge is 0.0750 e. The van der Waals surface area contributed by atoms with E-state index < -0.39 is 0 Å². The molecule has 1 saturated carbocycles. The van der Waals surface area contributed by atoms with Gasteiger partial charge in [-0.1, -0.05) is 0 Å². The second kappa shape index (κ2) is 6.55. The first-order valence-corrected chi connectivity index (χ1v) is 7.89. The fourth-order valence-corrected chi connectivity index (χ4v) is 2.94. The number of rotatable bonds is 6. The molecule has 1 aromatic rings. The second-order valence-corrected chi connectivity index (χ2v) is 5.83. The SMILES string of the molecule is CCOC1CCCN(c2ccncc2CNC2CC2)C1. The Morgan fingerprint density at radius 3 is 3.10 bits per heavy atom. The third-order valence-corrected chi connectivity index (χ3v) is 4.16. The van der Waals surface area contributed by atoms with Gasteiger partial charge in [-0.05, 0) is 38.7 Å². The number of hydrogen-bond donors (Lipinski definition) is 1. The lowest BCUT2D eigenvalue weighted by Crippen LogP contribution is -2.40. The number of nitrogens with one attached hydrogen (secondary N) is 1. The summed E-state index contributed by atoms with van der Waals surface area (Å²) in [6, 6.07) is 2.89. The van der Waals surface area contributed by atoms with Crippen molar-refractivity contribution in [2.75, 3.05) is 24.6 Å². The molecule has 0 spiro atoms. The zero-order chi connectivity index (χ0) is 13.8. The molecule has 4 nitrogen and oxygen atoms in total. The maximum Gasteiger partial charge on any atom is 0.0750 e. The fraction of sp³-hybridized carbons (Fsp3) is 0.688. The van der Waals surface area contributed by atoms with E-state index in [1.807, 2.05) is 12.4 Å². The van der Waals surface area contributed by atoms with Crippen LogP contribution in [-0.2, 0) is 11.3 Å². The molecule has 1 aliphatic heterocycles. The first-order valence-electron chi connectivity index (χ1n) is 7.89. The van der Waals surface area contributed by atoms with Gasteiger partial charge in [0.15, 0.2) is 0 Å². The van der Waals surface area contributed by atoms with E-state index in [-0.39, 0.29) is 0 Å². The van der Waals surface area contributed by atoms with E-state index in [1.54, 1.807) is 0 Å². The van der Waals surface area contributed by atoms with Crippen molar-refractivity contribution in [1.82, 2.24) is 10.3 Å². The Morgan fingerprint density at radius 1 is 1.40 bits per heavy atom. The summed E-state index contributed by atoms with van der Waals surface area (Å²) in [6.07, 6.45) is 9.34. The van der Waals surface area contributed by atoms with Crippen molar-refractivity contribution in [2.24, 2.45) is 0 Å². The van der Waals surface area contributed by atoms with Gasteiger partial charge < -0.3 is 15.0 Å². The molecule has 2 fully saturated rings. The Bertz CT molecular complexity index is 431. The number of nitrogens with zero attached hydrogens (tertiary/aromatic N) is 2. The number of piperidine rings is 1. The summed E-state index contributed by atoms with van der Waals surface area (Å²) in [6.45, 7) is 5.96. The van der Waals surface area contributed by atoms with Gasteiger partial charge in [0, 0.05) is 55.9 Å². The normalized spacial score (nSPS) is 23.1. The summed E-state index contributed by atoms with van der Waals surface area (Å²) < 4.78 is 5.81. The van der Waals surface area contributed by atoms with Gasteiger partial charge in [0.25, 0.3) is 0 Å². The van der Waals surface area contributed by atoms with Crippen LogP contribution >= 0.6 is 0 Å². The lowest BCUT2D eigenvalue weighted by atomic mass is 10.1. The van der Waals surface area contributed by atoms with E-state index in [0.29, 0.717) is 6.10 Å².